The number of anilines is 1. The van der Waals surface area contributed by atoms with Crippen LogP contribution in [0, 0.1) is 13.8 Å². The molecule has 2 rings (SSSR count). The summed E-state index contributed by atoms with van der Waals surface area (Å²) < 4.78 is 5.30. The Bertz CT molecular complexity index is 705. The Morgan fingerprint density at radius 3 is 2.36 bits per heavy atom. The van der Waals surface area contributed by atoms with E-state index in [1.54, 1.807) is 19.3 Å². The van der Waals surface area contributed by atoms with Crippen molar-refractivity contribution >= 4 is 17.5 Å². The van der Waals surface area contributed by atoms with E-state index in [1.807, 2.05) is 45.0 Å². The minimum Gasteiger partial charge on any atom is -0.468 e. The van der Waals surface area contributed by atoms with Gasteiger partial charge in [-0.1, -0.05) is 18.2 Å². The summed E-state index contributed by atoms with van der Waals surface area (Å²) in [5.41, 5.74) is 2.77. The molecule has 1 aromatic carbocycles. The van der Waals surface area contributed by atoms with Gasteiger partial charge in [0.25, 0.3) is 0 Å². The van der Waals surface area contributed by atoms with Gasteiger partial charge in [0.2, 0.25) is 11.8 Å². The first kappa shape index (κ1) is 18.7. The second-order valence-corrected chi connectivity index (χ2v) is 6.16. The van der Waals surface area contributed by atoms with Crippen molar-refractivity contribution in [2.75, 3.05) is 11.9 Å². The standard InChI is InChI=1S/C19H25N3O3/c1-12-7-5-8-13(2)18(12)22-17(23)11-20-19(24)15(4)21-14(3)16-9-6-10-25-16/h5-10,14-15,21H,11H2,1-4H3,(H,20,24)(H,22,23)/t14-,15-/m1/s1. The minimum atomic E-state index is -0.451. The van der Waals surface area contributed by atoms with Crippen LogP contribution in [0.15, 0.2) is 41.0 Å². The third-order valence-electron chi connectivity index (χ3n) is 4.03. The van der Waals surface area contributed by atoms with Crippen LogP contribution in [0.25, 0.3) is 0 Å². The maximum atomic E-state index is 12.2. The summed E-state index contributed by atoms with van der Waals surface area (Å²) in [4.78, 5) is 24.2. The van der Waals surface area contributed by atoms with E-state index in [0.717, 1.165) is 22.6 Å². The molecule has 1 aromatic heterocycles. The third kappa shape index (κ3) is 5.19. The van der Waals surface area contributed by atoms with Crippen molar-refractivity contribution in [3.63, 3.8) is 0 Å². The average molecular weight is 343 g/mol. The molecule has 0 aliphatic heterocycles. The van der Waals surface area contributed by atoms with E-state index in [4.69, 9.17) is 4.42 Å². The first-order chi connectivity index (χ1) is 11.9. The number of rotatable bonds is 7. The Kier molecular flexibility index (Phi) is 6.36. The number of carbonyl (C=O) groups is 2. The van der Waals surface area contributed by atoms with Gasteiger partial charge in [-0.3, -0.25) is 14.9 Å². The van der Waals surface area contributed by atoms with Crippen LogP contribution in [0.2, 0.25) is 0 Å². The zero-order chi connectivity index (χ0) is 18.4. The van der Waals surface area contributed by atoms with Gasteiger partial charge in [0.1, 0.15) is 5.76 Å². The van der Waals surface area contributed by atoms with Gasteiger partial charge < -0.3 is 15.1 Å². The summed E-state index contributed by atoms with van der Waals surface area (Å²) >= 11 is 0. The Hall–Kier alpha value is -2.60. The van der Waals surface area contributed by atoms with Crippen molar-refractivity contribution < 1.29 is 14.0 Å². The normalized spacial score (nSPS) is 13.1. The van der Waals surface area contributed by atoms with E-state index in [2.05, 4.69) is 16.0 Å². The van der Waals surface area contributed by atoms with Gasteiger partial charge in [-0.25, -0.2) is 0 Å². The van der Waals surface area contributed by atoms with E-state index < -0.39 is 6.04 Å². The maximum Gasteiger partial charge on any atom is 0.243 e. The lowest BCUT2D eigenvalue weighted by Crippen LogP contribution is -2.45. The number of nitrogens with one attached hydrogen (secondary N) is 3. The predicted molar refractivity (Wildman–Crippen MR) is 97.3 cm³/mol. The van der Waals surface area contributed by atoms with Crippen molar-refractivity contribution in [1.82, 2.24) is 10.6 Å². The lowest BCUT2D eigenvalue weighted by atomic mass is 10.1. The highest BCUT2D eigenvalue weighted by Crippen LogP contribution is 2.19. The molecule has 6 nitrogen and oxygen atoms in total. The molecule has 3 N–H and O–H groups in total. The third-order valence-corrected chi connectivity index (χ3v) is 4.03. The van der Waals surface area contributed by atoms with Gasteiger partial charge in [0.05, 0.1) is 24.9 Å². The fourth-order valence-electron chi connectivity index (χ4n) is 2.59. The summed E-state index contributed by atoms with van der Waals surface area (Å²) in [6.45, 7) is 7.45. The summed E-state index contributed by atoms with van der Waals surface area (Å²) in [5.74, 6) is 0.263. The molecule has 0 spiro atoms. The fraction of sp³-hybridized carbons (Fsp3) is 0.368. The molecular formula is C19H25N3O3. The number of para-hydroxylation sites is 1. The monoisotopic (exact) mass is 343 g/mol. The highest BCUT2D eigenvalue weighted by Gasteiger charge is 2.18. The molecule has 2 atom stereocenters. The van der Waals surface area contributed by atoms with Crippen LogP contribution < -0.4 is 16.0 Å². The molecule has 0 bridgehead atoms. The second kappa shape index (κ2) is 8.48. The fourth-order valence-corrected chi connectivity index (χ4v) is 2.59. The van der Waals surface area contributed by atoms with E-state index in [9.17, 15) is 9.59 Å². The maximum absolute atomic E-state index is 12.2. The van der Waals surface area contributed by atoms with E-state index >= 15 is 0 Å². The largest absolute Gasteiger partial charge is 0.468 e. The Morgan fingerprint density at radius 2 is 1.76 bits per heavy atom. The van der Waals surface area contributed by atoms with Crippen molar-refractivity contribution in [2.24, 2.45) is 0 Å². The van der Waals surface area contributed by atoms with Crippen molar-refractivity contribution in [2.45, 2.75) is 39.8 Å². The van der Waals surface area contributed by atoms with E-state index in [-0.39, 0.29) is 24.4 Å². The Labute approximate surface area is 148 Å². The van der Waals surface area contributed by atoms with E-state index in [0.29, 0.717) is 0 Å². The molecule has 2 aromatic rings. The van der Waals surface area contributed by atoms with Crippen LogP contribution in [0.4, 0.5) is 5.69 Å². The number of carbonyl (C=O) groups excluding carboxylic acids is 2. The number of furan rings is 1. The number of aryl methyl sites for hydroxylation is 2. The number of hydrogen-bond donors (Lipinski definition) is 3. The topological polar surface area (TPSA) is 83.4 Å². The lowest BCUT2D eigenvalue weighted by molar-refractivity contribution is -0.125. The summed E-state index contributed by atoms with van der Waals surface area (Å²) in [7, 11) is 0. The molecule has 2 amide bonds. The zero-order valence-corrected chi connectivity index (χ0v) is 15.1. The second-order valence-electron chi connectivity index (χ2n) is 6.16. The molecule has 0 radical (unpaired) electrons. The molecule has 0 aliphatic carbocycles. The highest BCUT2D eigenvalue weighted by molar-refractivity contribution is 5.96. The van der Waals surface area contributed by atoms with Crippen molar-refractivity contribution in [3.8, 4) is 0 Å². The molecule has 1 heterocycles. The molecule has 0 fully saturated rings. The molecular weight excluding hydrogens is 318 g/mol. The van der Waals surface area contributed by atoms with Gasteiger partial charge in [0.15, 0.2) is 0 Å². The van der Waals surface area contributed by atoms with Crippen LogP contribution >= 0.6 is 0 Å². The Morgan fingerprint density at radius 1 is 1.08 bits per heavy atom. The smallest absolute Gasteiger partial charge is 0.243 e. The minimum absolute atomic E-state index is 0.0756. The van der Waals surface area contributed by atoms with Crippen molar-refractivity contribution in [3.05, 3.63) is 53.5 Å². The predicted octanol–water partition coefficient (Wildman–Crippen LogP) is 2.69. The molecule has 134 valence electrons. The van der Waals surface area contributed by atoms with Gasteiger partial charge in [0, 0.05) is 5.69 Å². The highest BCUT2D eigenvalue weighted by atomic mass is 16.3. The van der Waals surface area contributed by atoms with Crippen LogP contribution in [0.1, 0.15) is 36.8 Å². The quantitative estimate of drug-likeness (QED) is 0.722. The summed E-state index contributed by atoms with van der Waals surface area (Å²) in [5, 5.41) is 8.63. The van der Waals surface area contributed by atoms with Crippen molar-refractivity contribution in [1.29, 1.82) is 0 Å². The average Bonchev–Trinajstić information content (AvgIpc) is 3.10. The lowest BCUT2D eigenvalue weighted by Gasteiger charge is -2.18. The Balaban J connectivity index is 1.81. The molecule has 0 saturated heterocycles. The molecule has 0 unspecified atom stereocenters. The zero-order valence-electron chi connectivity index (χ0n) is 15.1. The first-order valence-electron chi connectivity index (χ1n) is 8.31. The van der Waals surface area contributed by atoms with Gasteiger partial charge in [-0.15, -0.1) is 0 Å². The van der Waals surface area contributed by atoms with Crippen LogP contribution in [0.5, 0.6) is 0 Å². The van der Waals surface area contributed by atoms with E-state index in [1.165, 1.54) is 0 Å². The van der Waals surface area contributed by atoms with Crippen LogP contribution in [0.3, 0.4) is 0 Å². The van der Waals surface area contributed by atoms with Crippen LogP contribution in [-0.2, 0) is 9.59 Å². The van der Waals surface area contributed by atoms with Gasteiger partial charge in [-0.2, -0.15) is 0 Å². The number of hydrogen-bond acceptors (Lipinski definition) is 4. The molecule has 0 aliphatic rings. The summed E-state index contributed by atoms with van der Waals surface area (Å²) in [6, 6.07) is 8.91. The number of amides is 2. The number of benzene rings is 1. The summed E-state index contributed by atoms with van der Waals surface area (Å²) in [6.07, 6.45) is 1.59. The molecule has 25 heavy (non-hydrogen) atoms. The first-order valence-corrected chi connectivity index (χ1v) is 8.31. The molecule has 6 heteroatoms. The molecule has 0 saturated carbocycles. The van der Waals surface area contributed by atoms with Crippen LogP contribution in [-0.4, -0.2) is 24.4 Å². The van der Waals surface area contributed by atoms with Gasteiger partial charge in [-0.05, 0) is 51.0 Å². The SMILES string of the molecule is Cc1cccc(C)c1NC(=O)CNC(=O)[C@@H](C)N[C@H](C)c1ccco1. The van der Waals surface area contributed by atoms with Gasteiger partial charge >= 0.3 is 0 Å².